The molecule has 0 fully saturated rings. The average molecular weight is 267 g/mol. The molecule has 1 aromatic rings. The van der Waals surface area contributed by atoms with Crippen LogP contribution in [-0.2, 0) is 9.59 Å². The lowest BCUT2D eigenvalue weighted by Gasteiger charge is -2.22. The lowest BCUT2D eigenvalue weighted by atomic mass is 10.1. The minimum absolute atomic E-state index is 0.107. The van der Waals surface area contributed by atoms with Gasteiger partial charge in [0, 0.05) is 11.8 Å². The summed E-state index contributed by atoms with van der Waals surface area (Å²) in [5.74, 6) is -1.13. The van der Waals surface area contributed by atoms with Gasteiger partial charge in [0.2, 0.25) is 6.79 Å². The second-order valence-electron chi connectivity index (χ2n) is 4.14. The molecular formula is C12H13NO6. The SMILES string of the molecule is Cc1cc2c(cc1N(CC(=O)O)CC(=O)O)OCO2. The maximum atomic E-state index is 10.8. The highest BCUT2D eigenvalue weighted by Gasteiger charge is 2.21. The number of ether oxygens (including phenoxy) is 2. The molecule has 0 aromatic heterocycles. The summed E-state index contributed by atoms with van der Waals surface area (Å²) in [6, 6.07) is 3.30. The molecule has 1 aliphatic heterocycles. The van der Waals surface area contributed by atoms with Crippen LogP contribution in [0.4, 0.5) is 5.69 Å². The second-order valence-corrected chi connectivity index (χ2v) is 4.14. The predicted octanol–water partition coefficient (Wildman–Crippen LogP) is 0.699. The Bertz CT molecular complexity index is 511. The Morgan fingerprint density at radius 1 is 1.16 bits per heavy atom. The Balaban J connectivity index is 2.35. The van der Waals surface area contributed by atoms with E-state index in [1.807, 2.05) is 0 Å². The van der Waals surface area contributed by atoms with Crippen LogP contribution in [0.3, 0.4) is 0 Å². The number of aliphatic carboxylic acids is 2. The number of carbonyl (C=O) groups is 2. The van der Waals surface area contributed by atoms with Crippen molar-refractivity contribution in [2.75, 3.05) is 24.8 Å². The quantitative estimate of drug-likeness (QED) is 0.810. The van der Waals surface area contributed by atoms with E-state index in [4.69, 9.17) is 19.7 Å². The zero-order valence-corrected chi connectivity index (χ0v) is 10.3. The van der Waals surface area contributed by atoms with E-state index in [9.17, 15) is 9.59 Å². The van der Waals surface area contributed by atoms with Gasteiger partial charge in [-0.3, -0.25) is 9.59 Å². The number of nitrogens with zero attached hydrogens (tertiary/aromatic N) is 1. The smallest absolute Gasteiger partial charge is 0.323 e. The Kier molecular flexibility index (Phi) is 3.46. The first-order valence-corrected chi connectivity index (χ1v) is 5.56. The topological polar surface area (TPSA) is 96.3 Å². The molecule has 7 heteroatoms. The maximum absolute atomic E-state index is 10.8. The monoisotopic (exact) mass is 267 g/mol. The molecule has 1 aromatic carbocycles. The van der Waals surface area contributed by atoms with Crippen molar-refractivity contribution in [1.29, 1.82) is 0 Å². The molecule has 2 rings (SSSR count). The zero-order chi connectivity index (χ0) is 14.0. The lowest BCUT2D eigenvalue weighted by Crippen LogP contribution is -2.34. The normalized spacial score (nSPS) is 12.3. The summed E-state index contributed by atoms with van der Waals surface area (Å²) in [5, 5.41) is 17.7. The molecule has 1 heterocycles. The third-order valence-electron chi connectivity index (χ3n) is 2.68. The largest absolute Gasteiger partial charge is 0.480 e. The van der Waals surface area contributed by atoms with Gasteiger partial charge in [-0.1, -0.05) is 0 Å². The van der Waals surface area contributed by atoms with E-state index in [1.165, 1.54) is 4.90 Å². The number of benzene rings is 1. The molecule has 7 nitrogen and oxygen atoms in total. The highest BCUT2D eigenvalue weighted by Crippen LogP contribution is 2.38. The summed E-state index contributed by atoms with van der Waals surface area (Å²) in [4.78, 5) is 22.9. The van der Waals surface area contributed by atoms with Gasteiger partial charge >= 0.3 is 11.9 Å². The van der Waals surface area contributed by atoms with Crippen LogP contribution in [0.15, 0.2) is 12.1 Å². The standard InChI is InChI=1S/C12H13NO6/c1-7-2-9-10(19-6-18-9)3-8(7)13(4-11(14)15)5-12(16)17/h2-3H,4-6H2,1H3,(H,14,15)(H,16,17). The van der Waals surface area contributed by atoms with Gasteiger partial charge in [-0.15, -0.1) is 0 Å². The highest BCUT2D eigenvalue weighted by atomic mass is 16.7. The van der Waals surface area contributed by atoms with Gasteiger partial charge in [-0.05, 0) is 18.6 Å². The average Bonchev–Trinajstić information content (AvgIpc) is 2.72. The van der Waals surface area contributed by atoms with E-state index in [0.29, 0.717) is 17.2 Å². The van der Waals surface area contributed by atoms with Crippen molar-refractivity contribution in [3.8, 4) is 11.5 Å². The van der Waals surface area contributed by atoms with Gasteiger partial charge in [-0.2, -0.15) is 0 Å². The number of carboxylic acid groups (broad SMARTS) is 2. The molecule has 0 spiro atoms. The first-order valence-electron chi connectivity index (χ1n) is 5.56. The van der Waals surface area contributed by atoms with Crippen molar-refractivity contribution in [2.24, 2.45) is 0 Å². The number of aryl methyl sites for hydroxylation is 1. The van der Waals surface area contributed by atoms with Gasteiger partial charge in [0.25, 0.3) is 0 Å². The van der Waals surface area contributed by atoms with E-state index in [1.54, 1.807) is 19.1 Å². The lowest BCUT2D eigenvalue weighted by molar-refractivity contribution is -0.136. The molecule has 1 aliphatic rings. The Morgan fingerprint density at radius 3 is 2.21 bits per heavy atom. The van der Waals surface area contributed by atoms with Crippen molar-refractivity contribution in [2.45, 2.75) is 6.92 Å². The number of rotatable bonds is 5. The van der Waals surface area contributed by atoms with E-state index >= 15 is 0 Å². The Hall–Kier alpha value is -2.44. The van der Waals surface area contributed by atoms with E-state index in [-0.39, 0.29) is 6.79 Å². The summed E-state index contributed by atoms with van der Waals surface area (Å²) in [5.41, 5.74) is 1.24. The van der Waals surface area contributed by atoms with Gasteiger partial charge in [0.1, 0.15) is 13.1 Å². The molecule has 0 saturated heterocycles. The van der Waals surface area contributed by atoms with Gasteiger partial charge in [-0.25, -0.2) is 0 Å². The van der Waals surface area contributed by atoms with E-state index in [2.05, 4.69) is 0 Å². The Morgan fingerprint density at radius 2 is 1.68 bits per heavy atom. The van der Waals surface area contributed by atoms with Crippen molar-refractivity contribution >= 4 is 17.6 Å². The second kappa shape index (κ2) is 5.05. The summed E-state index contributed by atoms with van der Waals surface area (Å²) < 4.78 is 10.4. The molecular weight excluding hydrogens is 254 g/mol. The third-order valence-corrected chi connectivity index (χ3v) is 2.68. The van der Waals surface area contributed by atoms with Crippen molar-refractivity contribution in [3.63, 3.8) is 0 Å². The van der Waals surface area contributed by atoms with Crippen LogP contribution in [0.25, 0.3) is 0 Å². The number of anilines is 1. The molecule has 0 saturated carbocycles. The van der Waals surface area contributed by atoms with Crippen LogP contribution < -0.4 is 14.4 Å². The van der Waals surface area contributed by atoms with Crippen LogP contribution in [-0.4, -0.2) is 42.0 Å². The molecule has 0 bridgehead atoms. The maximum Gasteiger partial charge on any atom is 0.323 e. The first kappa shape index (κ1) is 13.0. The summed E-state index contributed by atoms with van der Waals surface area (Å²) >= 11 is 0. The fourth-order valence-corrected chi connectivity index (χ4v) is 1.93. The molecule has 0 atom stereocenters. The minimum Gasteiger partial charge on any atom is -0.480 e. The van der Waals surface area contributed by atoms with Crippen molar-refractivity contribution < 1.29 is 29.3 Å². The fourth-order valence-electron chi connectivity index (χ4n) is 1.93. The minimum atomic E-state index is -1.10. The number of carboxylic acids is 2. The molecule has 2 N–H and O–H groups in total. The fraction of sp³-hybridized carbons (Fsp3) is 0.333. The first-order chi connectivity index (χ1) is 8.97. The summed E-state index contributed by atoms with van der Waals surface area (Å²) in [6.07, 6.45) is 0. The number of fused-ring (bicyclic) bond motifs is 1. The Labute approximate surface area is 109 Å². The number of hydrogen-bond donors (Lipinski definition) is 2. The third kappa shape index (κ3) is 2.87. The van der Waals surface area contributed by atoms with Crippen molar-refractivity contribution in [3.05, 3.63) is 17.7 Å². The number of hydrogen-bond acceptors (Lipinski definition) is 5. The van der Waals surface area contributed by atoms with Crippen LogP contribution in [0, 0.1) is 6.92 Å². The van der Waals surface area contributed by atoms with Crippen LogP contribution in [0.1, 0.15) is 5.56 Å². The van der Waals surface area contributed by atoms with Crippen LogP contribution >= 0.6 is 0 Å². The molecule has 0 aliphatic carbocycles. The molecule has 0 amide bonds. The molecule has 0 unspecified atom stereocenters. The van der Waals surface area contributed by atoms with Gasteiger partial charge in [0.05, 0.1) is 0 Å². The zero-order valence-electron chi connectivity index (χ0n) is 10.3. The highest BCUT2D eigenvalue weighted by molar-refractivity contribution is 5.80. The van der Waals surface area contributed by atoms with E-state index < -0.39 is 25.0 Å². The van der Waals surface area contributed by atoms with Crippen LogP contribution in [0.2, 0.25) is 0 Å². The summed E-state index contributed by atoms with van der Waals surface area (Å²) in [7, 11) is 0. The van der Waals surface area contributed by atoms with E-state index in [0.717, 1.165) is 5.56 Å². The molecule has 0 radical (unpaired) electrons. The predicted molar refractivity (Wildman–Crippen MR) is 64.8 cm³/mol. The van der Waals surface area contributed by atoms with Crippen molar-refractivity contribution in [1.82, 2.24) is 0 Å². The van der Waals surface area contributed by atoms with Gasteiger partial charge < -0.3 is 24.6 Å². The summed E-state index contributed by atoms with van der Waals surface area (Å²) in [6.45, 7) is 1.07. The van der Waals surface area contributed by atoms with Gasteiger partial charge in [0.15, 0.2) is 11.5 Å². The van der Waals surface area contributed by atoms with Crippen LogP contribution in [0.5, 0.6) is 11.5 Å². The molecule has 102 valence electrons. The molecule has 19 heavy (non-hydrogen) atoms.